The molecule has 0 aliphatic rings. The molecule has 0 bridgehead atoms. The van der Waals surface area contributed by atoms with Crippen molar-refractivity contribution in [2.24, 2.45) is 0 Å². The van der Waals surface area contributed by atoms with Gasteiger partial charge in [-0.1, -0.05) is 11.6 Å². The number of halogens is 1. The molecule has 0 amide bonds. The van der Waals surface area contributed by atoms with E-state index in [1.165, 1.54) is 0 Å². The predicted octanol–water partition coefficient (Wildman–Crippen LogP) is 3.14. The van der Waals surface area contributed by atoms with Crippen molar-refractivity contribution < 1.29 is 9.84 Å². The SMILES string of the molecule is COc1ccc(-c2cc(CO)c(C)[nH]2)c(Cl)c1. The summed E-state index contributed by atoms with van der Waals surface area (Å²) in [7, 11) is 1.61. The molecule has 0 unspecified atom stereocenters. The fraction of sp³-hybridized carbons (Fsp3) is 0.231. The average Bonchev–Trinajstić information content (AvgIpc) is 2.70. The van der Waals surface area contributed by atoms with E-state index in [0.29, 0.717) is 5.02 Å². The van der Waals surface area contributed by atoms with Crippen LogP contribution in [0.4, 0.5) is 0 Å². The van der Waals surface area contributed by atoms with E-state index in [1.54, 1.807) is 13.2 Å². The first-order valence-electron chi connectivity index (χ1n) is 5.29. The van der Waals surface area contributed by atoms with Gasteiger partial charge in [0.15, 0.2) is 0 Å². The lowest BCUT2D eigenvalue weighted by Crippen LogP contribution is -1.85. The van der Waals surface area contributed by atoms with Crippen molar-refractivity contribution >= 4 is 11.6 Å². The summed E-state index contributed by atoms with van der Waals surface area (Å²) in [6.07, 6.45) is 0. The molecule has 0 saturated carbocycles. The fourth-order valence-corrected chi connectivity index (χ4v) is 2.02. The van der Waals surface area contributed by atoms with Crippen LogP contribution < -0.4 is 4.74 Å². The molecule has 0 aliphatic heterocycles. The largest absolute Gasteiger partial charge is 0.497 e. The number of benzene rings is 1. The van der Waals surface area contributed by atoms with E-state index < -0.39 is 0 Å². The number of H-pyrrole nitrogens is 1. The van der Waals surface area contributed by atoms with Gasteiger partial charge in [-0.15, -0.1) is 0 Å². The van der Waals surface area contributed by atoms with Crippen molar-refractivity contribution in [3.05, 3.63) is 40.5 Å². The number of methoxy groups -OCH3 is 1. The van der Waals surface area contributed by atoms with E-state index >= 15 is 0 Å². The number of aromatic nitrogens is 1. The smallest absolute Gasteiger partial charge is 0.120 e. The zero-order chi connectivity index (χ0) is 12.4. The van der Waals surface area contributed by atoms with E-state index in [1.807, 2.05) is 25.1 Å². The van der Waals surface area contributed by atoms with Crippen LogP contribution in [-0.4, -0.2) is 17.2 Å². The average molecular weight is 252 g/mol. The zero-order valence-corrected chi connectivity index (χ0v) is 10.5. The molecule has 17 heavy (non-hydrogen) atoms. The van der Waals surface area contributed by atoms with Gasteiger partial charge < -0.3 is 14.8 Å². The third-order valence-corrected chi connectivity index (χ3v) is 3.07. The number of aliphatic hydroxyl groups is 1. The Balaban J connectivity index is 2.45. The first kappa shape index (κ1) is 12.0. The number of ether oxygens (including phenoxy) is 1. The first-order valence-corrected chi connectivity index (χ1v) is 5.66. The maximum atomic E-state index is 9.16. The molecule has 0 saturated heterocycles. The minimum Gasteiger partial charge on any atom is -0.497 e. The molecule has 2 N–H and O–H groups in total. The molecular formula is C13H14ClNO2. The Bertz CT molecular complexity index is 534. The van der Waals surface area contributed by atoms with E-state index in [4.69, 9.17) is 21.4 Å². The second-order valence-corrected chi connectivity index (χ2v) is 4.24. The Hall–Kier alpha value is -1.45. The monoisotopic (exact) mass is 251 g/mol. The van der Waals surface area contributed by atoms with Gasteiger partial charge in [-0.05, 0) is 36.8 Å². The van der Waals surface area contributed by atoms with Crippen LogP contribution in [0.5, 0.6) is 5.75 Å². The Morgan fingerprint density at radius 3 is 2.65 bits per heavy atom. The van der Waals surface area contributed by atoms with Gasteiger partial charge >= 0.3 is 0 Å². The molecular weight excluding hydrogens is 238 g/mol. The van der Waals surface area contributed by atoms with Crippen molar-refractivity contribution in [3.8, 4) is 17.0 Å². The molecule has 0 radical (unpaired) electrons. The van der Waals surface area contributed by atoms with Crippen molar-refractivity contribution in [2.45, 2.75) is 13.5 Å². The summed E-state index contributed by atoms with van der Waals surface area (Å²) in [6, 6.07) is 7.43. The van der Waals surface area contributed by atoms with Crippen molar-refractivity contribution in [1.82, 2.24) is 4.98 Å². The molecule has 90 valence electrons. The summed E-state index contributed by atoms with van der Waals surface area (Å²) >= 11 is 6.18. The lowest BCUT2D eigenvalue weighted by atomic mass is 10.1. The molecule has 2 rings (SSSR count). The second kappa shape index (κ2) is 4.82. The van der Waals surface area contributed by atoms with Crippen LogP contribution in [0.1, 0.15) is 11.3 Å². The maximum Gasteiger partial charge on any atom is 0.120 e. The van der Waals surface area contributed by atoms with Gasteiger partial charge in [0.05, 0.1) is 18.7 Å². The number of nitrogens with one attached hydrogen (secondary N) is 1. The summed E-state index contributed by atoms with van der Waals surface area (Å²) in [6.45, 7) is 1.95. The van der Waals surface area contributed by atoms with E-state index in [-0.39, 0.29) is 6.61 Å². The molecule has 4 heteroatoms. The summed E-state index contributed by atoms with van der Waals surface area (Å²) in [5.41, 5.74) is 3.63. The Morgan fingerprint density at radius 2 is 2.12 bits per heavy atom. The van der Waals surface area contributed by atoms with E-state index in [0.717, 1.165) is 28.3 Å². The third kappa shape index (κ3) is 2.30. The lowest BCUT2D eigenvalue weighted by molar-refractivity contribution is 0.281. The zero-order valence-electron chi connectivity index (χ0n) is 9.75. The number of aliphatic hydroxyl groups excluding tert-OH is 1. The summed E-state index contributed by atoms with van der Waals surface area (Å²) in [5.74, 6) is 0.726. The molecule has 2 aromatic rings. The van der Waals surface area contributed by atoms with Crippen LogP contribution in [0.3, 0.4) is 0 Å². The molecule has 3 nitrogen and oxygen atoms in total. The van der Waals surface area contributed by atoms with Gasteiger partial charge in [-0.25, -0.2) is 0 Å². The summed E-state index contributed by atoms with van der Waals surface area (Å²) in [5, 5.41) is 9.78. The van der Waals surface area contributed by atoms with E-state index in [2.05, 4.69) is 4.98 Å². The number of hydrogen-bond donors (Lipinski definition) is 2. The Kier molecular flexibility index (Phi) is 3.41. The molecule has 0 fully saturated rings. The number of aryl methyl sites for hydroxylation is 1. The normalized spacial score (nSPS) is 10.6. The number of hydrogen-bond acceptors (Lipinski definition) is 2. The molecule has 0 aliphatic carbocycles. The van der Waals surface area contributed by atoms with Crippen LogP contribution in [0, 0.1) is 6.92 Å². The fourth-order valence-electron chi connectivity index (χ4n) is 1.75. The standard InChI is InChI=1S/C13H14ClNO2/c1-8-9(7-16)5-13(15-8)11-4-3-10(17-2)6-12(11)14/h3-6,15-16H,7H2,1-2H3. The van der Waals surface area contributed by atoms with Gasteiger partial charge in [0.2, 0.25) is 0 Å². The summed E-state index contributed by atoms with van der Waals surface area (Å²) < 4.78 is 5.10. The van der Waals surface area contributed by atoms with Crippen LogP contribution in [-0.2, 0) is 6.61 Å². The van der Waals surface area contributed by atoms with Gasteiger partial charge in [-0.3, -0.25) is 0 Å². The molecule has 1 aromatic carbocycles. The highest BCUT2D eigenvalue weighted by Gasteiger charge is 2.09. The Labute approximate surface area is 105 Å². The highest BCUT2D eigenvalue weighted by molar-refractivity contribution is 6.33. The molecule has 0 atom stereocenters. The van der Waals surface area contributed by atoms with E-state index in [9.17, 15) is 0 Å². The lowest BCUT2D eigenvalue weighted by Gasteiger charge is -2.04. The highest BCUT2D eigenvalue weighted by atomic mass is 35.5. The minimum atomic E-state index is 0.0239. The number of rotatable bonds is 3. The topological polar surface area (TPSA) is 45.2 Å². The Morgan fingerprint density at radius 1 is 1.35 bits per heavy atom. The van der Waals surface area contributed by atoms with Gasteiger partial charge in [-0.2, -0.15) is 0 Å². The first-order chi connectivity index (χ1) is 8.15. The minimum absolute atomic E-state index is 0.0239. The van der Waals surface area contributed by atoms with Crippen LogP contribution in [0.15, 0.2) is 24.3 Å². The predicted molar refractivity (Wildman–Crippen MR) is 68.5 cm³/mol. The third-order valence-electron chi connectivity index (χ3n) is 2.76. The van der Waals surface area contributed by atoms with Gasteiger partial charge in [0, 0.05) is 17.0 Å². The van der Waals surface area contributed by atoms with Crippen molar-refractivity contribution in [1.29, 1.82) is 0 Å². The molecule has 0 spiro atoms. The van der Waals surface area contributed by atoms with Crippen molar-refractivity contribution in [2.75, 3.05) is 7.11 Å². The van der Waals surface area contributed by atoms with Crippen LogP contribution in [0.2, 0.25) is 5.02 Å². The second-order valence-electron chi connectivity index (χ2n) is 3.84. The van der Waals surface area contributed by atoms with Gasteiger partial charge in [0.25, 0.3) is 0 Å². The van der Waals surface area contributed by atoms with Crippen LogP contribution in [0.25, 0.3) is 11.3 Å². The molecule has 1 heterocycles. The molecule has 1 aromatic heterocycles. The van der Waals surface area contributed by atoms with Crippen LogP contribution >= 0.6 is 11.6 Å². The maximum absolute atomic E-state index is 9.16. The number of aromatic amines is 1. The quantitative estimate of drug-likeness (QED) is 0.880. The van der Waals surface area contributed by atoms with Crippen molar-refractivity contribution in [3.63, 3.8) is 0 Å². The highest BCUT2D eigenvalue weighted by Crippen LogP contribution is 2.31. The van der Waals surface area contributed by atoms with Gasteiger partial charge in [0.1, 0.15) is 5.75 Å². The summed E-state index contributed by atoms with van der Waals surface area (Å²) in [4.78, 5) is 3.20.